The van der Waals surface area contributed by atoms with Gasteiger partial charge in [-0.2, -0.15) is 0 Å². The maximum absolute atomic E-state index is 13.2. The molecule has 0 fully saturated rings. The van der Waals surface area contributed by atoms with Gasteiger partial charge in [0.2, 0.25) is 5.43 Å². The monoisotopic (exact) mass is 398 g/mol. The summed E-state index contributed by atoms with van der Waals surface area (Å²) in [5, 5.41) is 30.5. The number of aromatic hydroxyl groups is 3. The Morgan fingerprint density at radius 2 is 1.66 bits per heavy atom. The lowest BCUT2D eigenvalue weighted by atomic mass is 10.00. The van der Waals surface area contributed by atoms with Crippen LogP contribution < -0.4 is 14.9 Å². The highest BCUT2D eigenvalue weighted by Crippen LogP contribution is 2.40. The summed E-state index contributed by atoms with van der Waals surface area (Å²) in [6.45, 7) is 3.83. The zero-order chi connectivity index (χ0) is 21.3. The molecule has 3 aromatic rings. The highest BCUT2D eigenvalue weighted by Gasteiger charge is 2.21. The summed E-state index contributed by atoms with van der Waals surface area (Å²) in [4.78, 5) is 13.2. The van der Waals surface area contributed by atoms with Gasteiger partial charge in [0, 0.05) is 23.3 Å². The summed E-state index contributed by atoms with van der Waals surface area (Å²) < 4.78 is 16.1. The van der Waals surface area contributed by atoms with Gasteiger partial charge < -0.3 is 29.2 Å². The minimum atomic E-state index is -0.506. The molecule has 152 valence electrons. The van der Waals surface area contributed by atoms with Crippen LogP contribution in [0.15, 0.2) is 45.3 Å². The fraction of sp³-hybridized carbons (Fsp3) is 0.227. The van der Waals surface area contributed by atoms with E-state index in [1.165, 1.54) is 32.6 Å². The van der Waals surface area contributed by atoms with Crippen molar-refractivity contribution >= 4 is 11.0 Å². The summed E-state index contributed by atoms with van der Waals surface area (Å²) in [5.74, 6) is -0.307. The number of allylic oxidation sites excluding steroid dienone is 2. The molecule has 0 unspecified atom stereocenters. The van der Waals surface area contributed by atoms with Crippen LogP contribution >= 0.6 is 0 Å². The van der Waals surface area contributed by atoms with E-state index in [0.29, 0.717) is 17.5 Å². The second-order valence-corrected chi connectivity index (χ2v) is 6.79. The van der Waals surface area contributed by atoms with Crippen LogP contribution in [0, 0.1) is 0 Å². The Morgan fingerprint density at radius 1 is 0.966 bits per heavy atom. The van der Waals surface area contributed by atoms with Gasteiger partial charge in [-0.1, -0.05) is 11.6 Å². The van der Waals surface area contributed by atoms with Gasteiger partial charge in [0.05, 0.1) is 19.8 Å². The van der Waals surface area contributed by atoms with E-state index in [-0.39, 0.29) is 39.5 Å². The van der Waals surface area contributed by atoms with Crippen LogP contribution in [0.1, 0.15) is 19.4 Å². The molecule has 0 saturated heterocycles. The predicted octanol–water partition coefficient (Wildman–Crippen LogP) is 4.10. The van der Waals surface area contributed by atoms with Crippen molar-refractivity contribution in [2.24, 2.45) is 0 Å². The number of hydrogen-bond acceptors (Lipinski definition) is 7. The molecule has 0 aliphatic carbocycles. The van der Waals surface area contributed by atoms with E-state index in [9.17, 15) is 20.1 Å². The molecular formula is C22H22O7. The first kappa shape index (κ1) is 20.1. The fourth-order valence-corrected chi connectivity index (χ4v) is 3.11. The average Bonchev–Trinajstić information content (AvgIpc) is 2.67. The van der Waals surface area contributed by atoms with Crippen molar-refractivity contribution in [1.29, 1.82) is 0 Å². The quantitative estimate of drug-likeness (QED) is 0.555. The number of ether oxygens (including phenoxy) is 2. The van der Waals surface area contributed by atoms with Gasteiger partial charge in [-0.15, -0.1) is 0 Å². The minimum absolute atomic E-state index is 0.0495. The summed E-state index contributed by atoms with van der Waals surface area (Å²) >= 11 is 0. The van der Waals surface area contributed by atoms with Crippen molar-refractivity contribution in [2.75, 3.05) is 14.2 Å². The zero-order valence-corrected chi connectivity index (χ0v) is 16.6. The SMILES string of the molecule is COc1cc(-c2coc3c(CC=C(C)C)c(O)cc(O)c3c2=O)c(OC)cc1O. The van der Waals surface area contributed by atoms with Gasteiger partial charge >= 0.3 is 0 Å². The minimum Gasteiger partial charge on any atom is -0.507 e. The average molecular weight is 398 g/mol. The Hall–Kier alpha value is -3.61. The largest absolute Gasteiger partial charge is 0.507 e. The lowest BCUT2D eigenvalue weighted by Gasteiger charge is -2.13. The number of methoxy groups -OCH3 is 2. The fourth-order valence-electron chi connectivity index (χ4n) is 3.11. The third kappa shape index (κ3) is 3.59. The van der Waals surface area contributed by atoms with Crippen LogP contribution in [0.5, 0.6) is 28.7 Å². The molecule has 2 aromatic carbocycles. The summed E-state index contributed by atoms with van der Waals surface area (Å²) in [6.07, 6.45) is 3.46. The highest BCUT2D eigenvalue weighted by atomic mass is 16.5. The lowest BCUT2D eigenvalue weighted by Crippen LogP contribution is -2.07. The molecule has 0 aliphatic rings. The molecule has 1 heterocycles. The molecule has 0 bridgehead atoms. The normalized spacial score (nSPS) is 10.8. The molecule has 0 spiro atoms. The lowest BCUT2D eigenvalue weighted by molar-refractivity contribution is 0.366. The van der Waals surface area contributed by atoms with Gasteiger partial charge in [-0.05, 0) is 26.3 Å². The summed E-state index contributed by atoms with van der Waals surface area (Å²) in [7, 11) is 2.79. The van der Waals surface area contributed by atoms with Crippen LogP contribution in [0.2, 0.25) is 0 Å². The van der Waals surface area contributed by atoms with E-state index in [1.807, 2.05) is 19.9 Å². The Morgan fingerprint density at radius 3 is 2.28 bits per heavy atom. The van der Waals surface area contributed by atoms with Gasteiger partial charge in [0.15, 0.2) is 11.5 Å². The van der Waals surface area contributed by atoms with Gasteiger partial charge in [-0.3, -0.25) is 4.79 Å². The molecule has 29 heavy (non-hydrogen) atoms. The first-order valence-corrected chi connectivity index (χ1v) is 8.86. The Kier molecular flexibility index (Phi) is 5.41. The van der Waals surface area contributed by atoms with Gasteiger partial charge in [0.25, 0.3) is 0 Å². The van der Waals surface area contributed by atoms with Crippen molar-refractivity contribution in [3.63, 3.8) is 0 Å². The highest BCUT2D eigenvalue weighted by molar-refractivity contribution is 5.91. The summed E-state index contributed by atoms with van der Waals surface area (Å²) in [5.41, 5.74) is 1.48. The van der Waals surface area contributed by atoms with Crippen LogP contribution in [0.25, 0.3) is 22.1 Å². The molecule has 0 saturated carbocycles. The number of phenols is 3. The number of benzene rings is 2. The predicted molar refractivity (Wildman–Crippen MR) is 109 cm³/mol. The Bertz CT molecular complexity index is 1170. The van der Waals surface area contributed by atoms with Crippen LogP contribution in [-0.4, -0.2) is 29.5 Å². The van der Waals surface area contributed by atoms with Crippen LogP contribution in [0.4, 0.5) is 0 Å². The van der Waals surface area contributed by atoms with E-state index < -0.39 is 11.2 Å². The molecule has 0 radical (unpaired) electrons. The smallest absolute Gasteiger partial charge is 0.204 e. The van der Waals surface area contributed by atoms with E-state index in [2.05, 4.69) is 0 Å². The second kappa shape index (κ2) is 7.79. The third-order valence-corrected chi connectivity index (χ3v) is 4.61. The molecule has 0 amide bonds. The molecule has 3 rings (SSSR count). The standard InChI is InChI=1S/C22H22O7/c1-11(2)5-6-12-15(23)8-17(25)20-21(26)14(10-29-22(12)20)13-7-19(28-4)16(24)9-18(13)27-3/h5,7-10,23-25H,6H2,1-4H3. The van der Waals surface area contributed by atoms with Crippen molar-refractivity contribution in [2.45, 2.75) is 20.3 Å². The molecule has 3 N–H and O–H groups in total. The molecule has 0 aliphatic heterocycles. The van der Waals surface area contributed by atoms with Crippen molar-refractivity contribution in [3.05, 3.63) is 51.9 Å². The third-order valence-electron chi connectivity index (χ3n) is 4.61. The number of rotatable bonds is 5. The molecule has 1 aromatic heterocycles. The number of phenolic OH excluding ortho intramolecular Hbond substituents is 3. The van der Waals surface area contributed by atoms with Crippen molar-refractivity contribution < 1.29 is 29.2 Å². The van der Waals surface area contributed by atoms with Crippen LogP contribution in [0.3, 0.4) is 0 Å². The van der Waals surface area contributed by atoms with Gasteiger partial charge in [-0.25, -0.2) is 0 Å². The Labute approximate surface area is 167 Å². The van der Waals surface area contributed by atoms with Crippen molar-refractivity contribution in [3.8, 4) is 39.9 Å². The summed E-state index contributed by atoms with van der Waals surface area (Å²) in [6, 6.07) is 3.91. The van der Waals surface area contributed by atoms with E-state index in [0.717, 1.165) is 11.6 Å². The molecular weight excluding hydrogens is 376 g/mol. The van der Waals surface area contributed by atoms with Crippen molar-refractivity contribution in [1.82, 2.24) is 0 Å². The van der Waals surface area contributed by atoms with E-state index in [1.54, 1.807) is 0 Å². The first-order chi connectivity index (χ1) is 13.8. The van der Waals surface area contributed by atoms with E-state index in [4.69, 9.17) is 13.9 Å². The number of hydrogen-bond donors (Lipinski definition) is 3. The first-order valence-electron chi connectivity index (χ1n) is 8.86. The van der Waals surface area contributed by atoms with E-state index >= 15 is 0 Å². The molecule has 7 nitrogen and oxygen atoms in total. The van der Waals surface area contributed by atoms with Crippen LogP contribution in [-0.2, 0) is 6.42 Å². The maximum Gasteiger partial charge on any atom is 0.204 e. The molecule has 0 atom stereocenters. The van der Waals surface area contributed by atoms with Gasteiger partial charge in [0.1, 0.15) is 34.5 Å². The maximum atomic E-state index is 13.2. The topological polar surface area (TPSA) is 109 Å². The zero-order valence-electron chi connectivity index (χ0n) is 16.6. The second-order valence-electron chi connectivity index (χ2n) is 6.79. The molecule has 7 heteroatoms. The Balaban J connectivity index is 2.33. The number of fused-ring (bicyclic) bond motifs is 1.